The van der Waals surface area contributed by atoms with Gasteiger partial charge in [-0.25, -0.2) is 0 Å². The van der Waals surface area contributed by atoms with Crippen molar-refractivity contribution in [2.24, 2.45) is 0 Å². The van der Waals surface area contributed by atoms with E-state index < -0.39 is 0 Å². The van der Waals surface area contributed by atoms with Gasteiger partial charge in [0.2, 0.25) is 0 Å². The molecule has 0 fully saturated rings. The van der Waals surface area contributed by atoms with Gasteiger partial charge in [-0.3, -0.25) is 0 Å². The van der Waals surface area contributed by atoms with Crippen molar-refractivity contribution >= 4 is 11.6 Å². The Labute approximate surface area is 176 Å². The van der Waals surface area contributed by atoms with Gasteiger partial charge in [-0.1, -0.05) is 88.2 Å². The van der Waals surface area contributed by atoms with Crippen LogP contribution in [0.25, 0.3) is 0 Å². The van der Waals surface area contributed by atoms with Crippen LogP contribution in [-0.4, -0.2) is 6.61 Å². The highest BCUT2D eigenvalue weighted by atomic mass is 35.5. The molecule has 2 heteroatoms. The largest absolute Gasteiger partial charge is 0.494 e. The minimum Gasteiger partial charge on any atom is -0.494 e. The molecule has 2 rings (SSSR count). The number of ether oxygens (including phenoxy) is 1. The molecule has 0 aliphatic rings. The molecule has 2 aromatic rings. The Hall–Kier alpha value is -1.91. The van der Waals surface area contributed by atoms with Crippen LogP contribution in [0.1, 0.15) is 82.3 Å². The van der Waals surface area contributed by atoms with Crippen molar-refractivity contribution in [2.75, 3.05) is 6.61 Å². The van der Waals surface area contributed by atoms with Gasteiger partial charge >= 0.3 is 0 Å². The quantitative estimate of drug-likeness (QED) is 0.260. The minimum atomic E-state index is 0.731. The van der Waals surface area contributed by atoms with Gasteiger partial charge in [-0.15, -0.1) is 0 Å². The van der Waals surface area contributed by atoms with E-state index in [1.54, 1.807) is 0 Å². The van der Waals surface area contributed by atoms with Crippen molar-refractivity contribution in [2.45, 2.75) is 71.1 Å². The Bertz CT molecular complexity index is 707. The molecular formula is C26H33ClO. The van der Waals surface area contributed by atoms with Gasteiger partial charge in [0, 0.05) is 16.1 Å². The molecular weight excluding hydrogens is 364 g/mol. The number of unbranched alkanes of at least 4 members (excludes halogenated alkanes) is 9. The first-order chi connectivity index (χ1) is 13.8. The summed E-state index contributed by atoms with van der Waals surface area (Å²) in [7, 11) is 0. The Balaban J connectivity index is 1.56. The molecule has 0 aromatic heterocycles. The molecule has 0 saturated carbocycles. The Kier molecular flexibility index (Phi) is 11.3. The molecule has 0 atom stereocenters. The third kappa shape index (κ3) is 9.86. The van der Waals surface area contributed by atoms with E-state index in [2.05, 4.69) is 18.8 Å². The van der Waals surface area contributed by atoms with E-state index in [0.29, 0.717) is 0 Å². The predicted molar refractivity (Wildman–Crippen MR) is 121 cm³/mol. The predicted octanol–water partition coefficient (Wildman–Crippen LogP) is 8.04. The molecule has 0 aliphatic carbocycles. The zero-order valence-electron chi connectivity index (χ0n) is 17.2. The summed E-state index contributed by atoms with van der Waals surface area (Å²) >= 11 is 5.89. The molecule has 0 N–H and O–H groups in total. The summed E-state index contributed by atoms with van der Waals surface area (Å²) in [5.74, 6) is 7.24. The summed E-state index contributed by atoms with van der Waals surface area (Å²) in [4.78, 5) is 0. The van der Waals surface area contributed by atoms with Gasteiger partial charge in [-0.05, 0) is 55.0 Å². The minimum absolute atomic E-state index is 0.731. The molecule has 28 heavy (non-hydrogen) atoms. The maximum atomic E-state index is 5.89. The maximum Gasteiger partial charge on any atom is 0.119 e. The molecule has 0 amide bonds. The van der Waals surface area contributed by atoms with Crippen molar-refractivity contribution in [3.8, 4) is 17.6 Å². The first-order valence-corrected chi connectivity index (χ1v) is 11.2. The number of halogens is 1. The van der Waals surface area contributed by atoms with Crippen molar-refractivity contribution in [3.05, 3.63) is 64.7 Å². The summed E-state index contributed by atoms with van der Waals surface area (Å²) in [6.07, 6.45) is 13.4. The van der Waals surface area contributed by atoms with E-state index in [-0.39, 0.29) is 0 Å². The molecule has 0 aliphatic heterocycles. The second-order valence-corrected chi connectivity index (χ2v) is 7.75. The van der Waals surface area contributed by atoms with Crippen LogP contribution in [0, 0.1) is 11.8 Å². The lowest BCUT2D eigenvalue weighted by molar-refractivity contribution is 0.304. The van der Waals surface area contributed by atoms with E-state index in [9.17, 15) is 0 Å². The highest BCUT2D eigenvalue weighted by molar-refractivity contribution is 6.30. The fourth-order valence-corrected chi connectivity index (χ4v) is 3.22. The second-order valence-electron chi connectivity index (χ2n) is 7.31. The number of hydrogen-bond donors (Lipinski definition) is 0. The van der Waals surface area contributed by atoms with Gasteiger partial charge < -0.3 is 4.74 Å². The zero-order valence-corrected chi connectivity index (χ0v) is 17.9. The smallest absolute Gasteiger partial charge is 0.119 e. The summed E-state index contributed by atoms with van der Waals surface area (Å²) in [5.41, 5.74) is 1.95. The van der Waals surface area contributed by atoms with Crippen LogP contribution in [0.15, 0.2) is 48.5 Å². The lowest BCUT2D eigenvalue weighted by Gasteiger charge is -2.06. The number of hydrogen-bond acceptors (Lipinski definition) is 1. The van der Waals surface area contributed by atoms with E-state index in [4.69, 9.17) is 16.3 Å². The normalized spacial score (nSPS) is 10.4. The fraction of sp³-hybridized carbons (Fsp3) is 0.462. The van der Waals surface area contributed by atoms with Gasteiger partial charge in [0.15, 0.2) is 0 Å². The standard InChI is InChI=1S/C26H33ClO/c1-2-3-4-5-6-7-8-9-10-11-22-28-26-20-16-24(17-21-26)13-12-23-14-18-25(27)19-15-23/h14-21H,2-11,22H2,1H3. The third-order valence-electron chi connectivity index (χ3n) is 4.82. The van der Waals surface area contributed by atoms with Crippen molar-refractivity contribution in [1.29, 1.82) is 0 Å². The monoisotopic (exact) mass is 396 g/mol. The van der Waals surface area contributed by atoms with Crippen LogP contribution in [0.3, 0.4) is 0 Å². The molecule has 1 nitrogen and oxygen atoms in total. The van der Waals surface area contributed by atoms with E-state index in [1.807, 2.05) is 48.5 Å². The molecule has 0 radical (unpaired) electrons. The first kappa shape index (κ1) is 22.4. The summed E-state index contributed by atoms with van der Waals surface area (Å²) in [5, 5.41) is 0.731. The molecule has 0 saturated heterocycles. The lowest BCUT2D eigenvalue weighted by Crippen LogP contribution is -1.97. The average molecular weight is 397 g/mol. The summed E-state index contributed by atoms with van der Waals surface area (Å²) in [6.45, 7) is 3.07. The molecule has 0 spiro atoms. The maximum absolute atomic E-state index is 5.89. The Morgan fingerprint density at radius 3 is 1.64 bits per heavy atom. The fourth-order valence-electron chi connectivity index (χ4n) is 3.09. The van der Waals surface area contributed by atoms with E-state index >= 15 is 0 Å². The molecule has 0 heterocycles. The van der Waals surface area contributed by atoms with Gasteiger partial charge in [-0.2, -0.15) is 0 Å². The summed E-state index contributed by atoms with van der Waals surface area (Å²) < 4.78 is 5.85. The zero-order chi connectivity index (χ0) is 19.9. The molecule has 150 valence electrons. The summed E-state index contributed by atoms with van der Waals surface area (Å²) in [6, 6.07) is 15.6. The van der Waals surface area contributed by atoms with Crippen LogP contribution in [-0.2, 0) is 0 Å². The van der Waals surface area contributed by atoms with Crippen LogP contribution in [0.4, 0.5) is 0 Å². The van der Waals surface area contributed by atoms with Crippen LogP contribution < -0.4 is 4.74 Å². The van der Waals surface area contributed by atoms with Crippen molar-refractivity contribution in [1.82, 2.24) is 0 Å². The topological polar surface area (TPSA) is 9.23 Å². The van der Waals surface area contributed by atoms with Crippen LogP contribution >= 0.6 is 11.6 Å². The molecule has 2 aromatic carbocycles. The third-order valence-corrected chi connectivity index (χ3v) is 5.07. The average Bonchev–Trinajstić information content (AvgIpc) is 2.72. The van der Waals surface area contributed by atoms with Crippen LogP contribution in [0.5, 0.6) is 5.75 Å². The lowest BCUT2D eigenvalue weighted by atomic mass is 10.1. The van der Waals surface area contributed by atoms with Gasteiger partial charge in [0.05, 0.1) is 6.61 Å². The van der Waals surface area contributed by atoms with Gasteiger partial charge in [0.25, 0.3) is 0 Å². The first-order valence-electron chi connectivity index (χ1n) is 10.8. The Morgan fingerprint density at radius 1 is 0.643 bits per heavy atom. The SMILES string of the molecule is CCCCCCCCCCCCOc1ccc(C#Cc2ccc(Cl)cc2)cc1. The van der Waals surface area contributed by atoms with Gasteiger partial charge in [0.1, 0.15) is 5.75 Å². The van der Waals surface area contributed by atoms with Crippen molar-refractivity contribution in [3.63, 3.8) is 0 Å². The van der Waals surface area contributed by atoms with Crippen molar-refractivity contribution < 1.29 is 4.74 Å². The number of benzene rings is 2. The molecule has 0 bridgehead atoms. The van der Waals surface area contributed by atoms with E-state index in [1.165, 1.54) is 57.8 Å². The molecule has 0 unspecified atom stereocenters. The Morgan fingerprint density at radius 2 is 1.11 bits per heavy atom. The highest BCUT2D eigenvalue weighted by Gasteiger charge is 1.96. The van der Waals surface area contributed by atoms with E-state index in [0.717, 1.165) is 34.9 Å². The van der Waals surface area contributed by atoms with Crippen LogP contribution in [0.2, 0.25) is 5.02 Å². The second kappa shape index (κ2) is 14.1. The highest BCUT2D eigenvalue weighted by Crippen LogP contribution is 2.14. The number of rotatable bonds is 12.